The molecule has 0 aliphatic rings. The van der Waals surface area contributed by atoms with Gasteiger partial charge in [0.15, 0.2) is 0 Å². The summed E-state index contributed by atoms with van der Waals surface area (Å²) in [6.07, 6.45) is 1.70. The number of hydrogen-bond acceptors (Lipinski definition) is 1. The largest absolute Gasteiger partial charge is 0.316 e. The van der Waals surface area contributed by atoms with Gasteiger partial charge >= 0.3 is 0 Å². The molecule has 0 spiro atoms. The molecule has 0 saturated heterocycles. The predicted molar refractivity (Wildman–Crippen MR) is 82.8 cm³/mol. The molecule has 2 rings (SSSR count). The van der Waals surface area contributed by atoms with Crippen molar-refractivity contribution in [3.8, 4) is 0 Å². The van der Waals surface area contributed by atoms with Gasteiger partial charge in [-0.2, -0.15) is 0 Å². The van der Waals surface area contributed by atoms with Crippen LogP contribution in [0.15, 0.2) is 42.5 Å². The second-order valence-corrected chi connectivity index (χ2v) is 5.53. The van der Waals surface area contributed by atoms with Gasteiger partial charge in [-0.25, -0.2) is 4.39 Å². The van der Waals surface area contributed by atoms with E-state index in [-0.39, 0.29) is 11.9 Å². The predicted octanol–water partition coefficient (Wildman–Crippen LogP) is 4.16. The molecule has 2 aromatic rings. The van der Waals surface area contributed by atoms with Crippen molar-refractivity contribution in [2.45, 2.75) is 25.8 Å². The van der Waals surface area contributed by atoms with Crippen LogP contribution in [0.1, 0.15) is 16.7 Å². The summed E-state index contributed by atoms with van der Waals surface area (Å²) in [5, 5.41) is 3.80. The molecule has 2 aromatic carbocycles. The van der Waals surface area contributed by atoms with Crippen molar-refractivity contribution in [1.29, 1.82) is 0 Å². The molecule has 1 N–H and O–H groups in total. The number of aryl methyl sites for hydroxylation is 1. The van der Waals surface area contributed by atoms with E-state index in [2.05, 4.69) is 36.5 Å². The van der Waals surface area contributed by atoms with Crippen LogP contribution in [0.25, 0.3) is 0 Å². The highest BCUT2D eigenvalue weighted by atomic mass is 35.5. The quantitative estimate of drug-likeness (QED) is 0.872. The lowest BCUT2D eigenvalue weighted by Crippen LogP contribution is -2.30. The average Bonchev–Trinajstić information content (AvgIpc) is 2.41. The smallest absolute Gasteiger partial charge is 0.124 e. The second kappa shape index (κ2) is 6.87. The molecule has 0 saturated carbocycles. The highest BCUT2D eigenvalue weighted by molar-refractivity contribution is 6.31. The standard InChI is InChI=1S/C17H19ClFN/c1-12-4-3-5-13(8-12)9-16(20-2)10-14-6-7-15(19)11-17(14)18/h3-8,11,16,20H,9-10H2,1-2H3. The Hall–Kier alpha value is -1.38. The van der Waals surface area contributed by atoms with Crippen molar-refractivity contribution < 1.29 is 4.39 Å². The number of nitrogens with one attached hydrogen (secondary N) is 1. The van der Waals surface area contributed by atoms with Gasteiger partial charge in [0, 0.05) is 11.1 Å². The van der Waals surface area contributed by atoms with E-state index in [0.29, 0.717) is 5.02 Å². The van der Waals surface area contributed by atoms with E-state index in [9.17, 15) is 4.39 Å². The fraction of sp³-hybridized carbons (Fsp3) is 0.294. The lowest BCUT2D eigenvalue weighted by atomic mass is 9.98. The van der Waals surface area contributed by atoms with Gasteiger partial charge in [-0.1, -0.05) is 47.5 Å². The van der Waals surface area contributed by atoms with Gasteiger partial charge in [0.25, 0.3) is 0 Å². The molecule has 0 aromatic heterocycles. The Morgan fingerprint density at radius 1 is 1.15 bits per heavy atom. The van der Waals surface area contributed by atoms with E-state index in [4.69, 9.17) is 11.6 Å². The minimum absolute atomic E-state index is 0.278. The SMILES string of the molecule is CNC(Cc1cccc(C)c1)Cc1ccc(F)cc1Cl. The van der Waals surface area contributed by atoms with Gasteiger partial charge in [0.2, 0.25) is 0 Å². The average molecular weight is 292 g/mol. The van der Waals surface area contributed by atoms with Crippen LogP contribution in [0.5, 0.6) is 0 Å². The molecule has 0 amide bonds. The van der Waals surface area contributed by atoms with E-state index < -0.39 is 0 Å². The van der Waals surface area contributed by atoms with E-state index in [0.717, 1.165) is 18.4 Å². The third-order valence-corrected chi connectivity index (χ3v) is 3.81. The number of likely N-dealkylation sites (N-methyl/N-ethyl adjacent to an activating group) is 1. The van der Waals surface area contributed by atoms with Crippen molar-refractivity contribution in [3.05, 3.63) is 70.0 Å². The van der Waals surface area contributed by atoms with Crippen LogP contribution < -0.4 is 5.32 Å². The maximum atomic E-state index is 13.1. The molecule has 0 fully saturated rings. The highest BCUT2D eigenvalue weighted by Gasteiger charge is 2.11. The Kier molecular flexibility index (Phi) is 5.16. The van der Waals surface area contributed by atoms with Crippen LogP contribution in [-0.4, -0.2) is 13.1 Å². The molecule has 20 heavy (non-hydrogen) atoms. The summed E-state index contributed by atoms with van der Waals surface area (Å²) >= 11 is 6.09. The molecule has 0 bridgehead atoms. The molecule has 1 unspecified atom stereocenters. The zero-order valence-electron chi connectivity index (χ0n) is 11.8. The summed E-state index contributed by atoms with van der Waals surface area (Å²) in [5.74, 6) is -0.293. The highest BCUT2D eigenvalue weighted by Crippen LogP contribution is 2.20. The Morgan fingerprint density at radius 3 is 2.60 bits per heavy atom. The molecular formula is C17H19ClFN. The molecule has 1 nitrogen and oxygen atoms in total. The first-order valence-corrected chi connectivity index (χ1v) is 7.13. The Balaban J connectivity index is 2.09. The summed E-state index contributed by atoms with van der Waals surface area (Å²) in [5.41, 5.74) is 3.53. The van der Waals surface area contributed by atoms with Gasteiger partial charge in [-0.05, 0) is 50.1 Å². The monoisotopic (exact) mass is 291 g/mol. The maximum Gasteiger partial charge on any atom is 0.124 e. The molecule has 0 aliphatic carbocycles. The van der Waals surface area contributed by atoms with E-state index >= 15 is 0 Å². The topological polar surface area (TPSA) is 12.0 Å². The summed E-state index contributed by atoms with van der Waals surface area (Å²) in [7, 11) is 1.94. The minimum Gasteiger partial charge on any atom is -0.316 e. The van der Waals surface area contributed by atoms with Crippen molar-refractivity contribution >= 4 is 11.6 Å². The fourth-order valence-electron chi connectivity index (χ4n) is 2.35. The number of benzene rings is 2. The lowest BCUT2D eigenvalue weighted by Gasteiger charge is -2.17. The summed E-state index contributed by atoms with van der Waals surface area (Å²) in [6, 6.07) is 13.4. The van der Waals surface area contributed by atoms with Gasteiger partial charge in [0.05, 0.1) is 0 Å². The zero-order valence-corrected chi connectivity index (χ0v) is 12.5. The van der Waals surface area contributed by atoms with Crippen LogP contribution in [0.3, 0.4) is 0 Å². The van der Waals surface area contributed by atoms with Crippen molar-refractivity contribution in [3.63, 3.8) is 0 Å². The second-order valence-electron chi connectivity index (χ2n) is 5.12. The number of halogens is 2. The van der Waals surface area contributed by atoms with Crippen LogP contribution in [-0.2, 0) is 12.8 Å². The van der Waals surface area contributed by atoms with Crippen molar-refractivity contribution in [1.82, 2.24) is 5.32 Å². The van der Waals surface area contributed by atoms with Crippen LogP contribution >= 0.6 is 11.6 Å². The Bertz CT molecular complexity index is 583. The third kappa shape index (κ3) is 4.06. The first-order valence-electron chi connectivity index (χ1n) is 6.75. The van der Waals surface area contributed by atoms with Gasteiger partial charge in [0.1, 0.15) is 5.82 Å². The van der Waals surface area contributed by atoms with E-state index in [1.807, 2.05) is 7.05 Å². The number of rotatable bonds is 5. The molecule has 0 heterocycles. The van der Waals surface area contributed by atoms with E-state index in [1.54, 1.807) is 6.07 Å². The van der Waals surface area contributed by atoms with Crippen LogP contribution in [0.4, 0.5) is 4.39 Å². The van der Waals surface area contributed by atoms with Crippen LogP contribution in [0.2, 0.25) is 5.02 Å². The molecular weight excluding hydrogens is 273 g/mol. The van der Waals surface area contributed by atoms with Gasteiger partial charge in [-0.3, -0.25) is 0 Å². The third-order valence-electron chi connectivity index (χ3n) is 3.45. The van der Waals surface area contributed by atoms with Crippen molar-refractivity contribution in [2.24, 2.45) is 0 Å². The molecule has 3 heteroatoms. The van der Waals surface area contributed by atoms with Crippen LogP contribution in [0, 0.1) is 12.7 Å². The maximum absolute atomic E-state index is 13.1. The first-order chi connectivity index (χ1) is 9.58. The summed E-state index contributed by atoms with van der Waals surface area (Å²) in [6.45, 7) is 2.09. The molecule has 0 aliphatic heterocycles. The number of hydrogen-bond donors (Lipinski definition) is 1. The first kappa shape index (κ1) is 15.0. The molecule has 106 valence electrons. The summed E-state index contributed by atoms with van der Waals surface area (Å²) < 4.78 is 13.1. The normalized spacial score (nSPS) is 12.4. The Labute approximate surface area is 124 Å². The van der Waals surface area contributed by atoms with Crippen molar-refractivity contribution in [2.75, 3.05) is 7.05 Å². The zero-order chi connectivity index (χ0) is 14.5. The van der Waals surface area contributed by atoms with Gasteiger partial charge < -0.3 is 5.32 Å². The molecule has 0 radical (unpaired) electrons. The van der Waals surface area contributed by atoms with E-state index in [1.165, 1.54) is 23.3 Å². The van der Waals surface area contributed by atoms with Gasteiger partial charge in [-0.15, -0.1) is 0 Å². The minimum atomic E-state index is -0.293. The lowest BCUT2D eigenvalue weighted by molar-refractivity contribution is 0.555. The Morgan fingerprint density at radius 2 is 1.95 bits per heavy atom. The molecule has 1 atom stereocenters. The summed E-state index contributed by atoms with van der Waals surface area (Å²) in [4.78, 5) is 0. The fourth-order valence-corrected chi connectivity index (χ4v) is 2.60.